The minimum Gasteiger partial charge on any atom is -0.493 e. The number of rotatable bonds is 6. The van der Waals surface area contributed by atoms with Gasteiger partial charge in [-0.2, -0.15) is 0 Å². The first-order valence-corrected chi connectivity index (χ1v) is 7.85. The molecular formula is C17H28N2O. The average molecular weight is 276 g/mol. The lowest BCUT2D eigenvalue weighted by Gasteiger charge is -2.29. The van der Waals surface area contributed by atoms with E-state index >= 15 is 0 Å². The zero-order valence-electron chi connectivity index (χ0n) is 13.3. The van der Waals surface area contributed by atoms with Crippen molar-refractivity contribution in [2.24, 2.45) is 0 Å². The van der Waals surface area contributed by atoms with E-state index in [-0.39, 0.29) is 0 Å². The van der Waals surface area contributed by atoms with Crippen molar-refractivity contribution in [2.75, 3.05) is 32.8 Å². The van der Waals surface area contributed by atoms with Crippen molar-refractivity contribution in [3.8, 4) is 5.75 Å². The predicted octanol–water partition coefficient (Wildman–Crippen LogP) is 3.06. The Kier molecular flexibility index (Phi) is 5.44. The first-order valence-electron chi connectivity index (χ1n) is 7.85. The van der Waals surface area contributed by atoms with E-state index in [9.17, 15) is 0 Å². The van der Waals surface area contributed by atoms with Crippen LogP contribution in [0, 0.1) is 13.8 Å². The summed E-state index contributed by atoms with van der Waals surface area (Å²) in [5, 5.41) is 3.71. The number of ether oxygens (including phenoxy) is 1. The van der Waals surface area contributed by atoms with Crippen LogP contribution in [0.25, 0.3) is 0 Å². The van der Waals surface area contributed by atoms with E-state index in [4.69, 9.17) is 4.74 Å². The van der Waals surface area contributed by atoms with Gasteiger partial charge >= 0.3 is 0 Å². The summed E-state index contributed by atoms with van der Waals surface area (Å²) < 4.78 is 5.86. The van der Waals surface area contributed by atoms with E-state index in [1.165, 1.54) is 16.7 Å². The predicted molar refractivity (Wildman–Crippen MR) is 84.6 cm³/mol. The number of nitrogens with one attached hydrogen (secondary N) is 1. The van der Waals surface area contributed by atoms with Crippen molar-refractivity contribution < 1.29 is 4.74 Å². The summed E-state index contributed by atoms with van der Waals surface area (Å²) in [5.74, 6) is 1.10. The standard InChI is InChI=1S/C17H28N2O/c1-5-19(6-2)9-8-18-16-7-10-20-17-14(4)11-13(3)12-15(16)17/h11-12,16,18H,5-10H2,1-4H3. The molecule has 0 saturated carbocycles. The van der Waals surface area contributed by atoms with Gasteiger partial charge in [0.25, 0.3) is 0 Å². The van der Waals surface area contributed by atoms with E-state index in [0.29, 0.717) is 6.04 Å². The van der Waals surface area contributed by atoms with Crippen molar-refractivity contribution in [3.05, 3.63) is 28.8 Å². The molecule has 1 aliphatic rings. The van der Waals surface area contributed by atoms with E-state index in [1.54, 1.807) is 0 Å². The second-order valence-corrected chi connectivity index (χ2v) is 5.67. The highest BCUT2D eigenvalue weighted by Crippen LogP contribution is 2.35. The molecule has 3 nitrogen and oxygen atoms in total. The van der Waals surface area contributed by atoms with Crippen LogP contribution >= 0.6 is 0 Å². The van der Waals surface area contributed by atoms with Gasteiger partial charge in [0.2, 0.25) is 0 Å². The fourth-order valence-electron chi connectivity index (χ4n) is 3.03. The zero-order valence-corrected chi connectivity index (χ0v) is 13.3. The van der Waals surface area contributed by atoms with Crippen LogP contribution < -0.4 is 10.1 Å². The summed E-state index contributed by atoms with van der Waals surface area (Å²) in [6, 6.07) is 4.92. The molecule has 0 spiro atoms. The van der Waals surface area contributed by atoms with E-state index in [2.05, 4.69) is 50.0 Å². The maximum absolute atomic E-state index is 5.86. The van der Waals surface area contributed by atoms with Crippen LogP contribution in [0.5, 0.6) is 5.75 Å². The molecule has 2 rings (SSSR count). The first kappa shape index (κ1) is 15.3. The smallest absolute Gasteiger partial charge is 0.126 e. The molecule has 0 bridgehead atoms. The molecule has 0 fully saturated rings. The molecule has 1 aromatic rings. The van der Waals surface area contributed by atoms with Crippen LogP contribution in [0.4, 0.5) is 0 Å². The zero-order chi connectivity index (χ0) is 14.5. The maximum Gasteiger partial charge on any atom is 0.126 e. The van der Waals surface area contributed by atoms with Gasteiger partial charge in [-0.3, -0.25) is 0 Å². The molecule has 1 unspecified atom stereocenters. The second kappa shape index (κ2) is 7.09. The fraction of sp³-hybridized carbons (Fsp3) is 0.647. The number of likely N-dealkylation sites (N-methyl/N-ethyl adjacent to an activating group) is 1. The Hall–Kier alpha value is -1.06. The number of benzene rings is 1. The third-order valence-corrected chi connectivity index (χ3v) is 4.19. The van der Waals surface area contributed by atoms with Gasteiger partial charge in [0.15, 0.2) is 0 Å². The van der Waals surface area contributed by atoms with Gasteiger partial charge in [-0.1, -0.05) is 31.5 Å². The molecule has 0 radical (unpaired) electrons. The molecule has 112 valence electrons. The highest BCUT2D eigenvalue weighted by molar-refractivity contribution is 5.46. The van der Waals surface area contributed by atoms with Crippen LogP contribution in [0.3, 0.4) is 0 Å². The fourth-order valence-corrected chi connectivity index (χ4v) is 3.03. The third kappa shape index (κ3) is 3.53. The molecule has 3 heteroatoms. The van der Waals surface area contributed by atoms with Gasteiger partial charge in [0, 0.05) is 31.1 Å². The Morgan fingerprint density at radius 1 is 1.25 bits per heavy atom. The van der Waals surface area contributed by atoms with Crippen molar-refractivity contribution in [3.63, 3.8) is 0 Å². The molecule has 0 aromatic heterocycles. The van der Waals surface area contributed by atoms with Crippen molar-refractivity contribution in [2.45, 2.75) is 40.2 Å². The summed E-state index contributed by atoms with van der Waals surface area (Å²) in [7, 11) is 0. The first-order chi connectivity index (χ1) is 9.65. The molecular weight excluding hydrogens is 248 g/mol. The lowest BCUT2D eigenvalue weighted by atomic mass is 9.96. The Bertz CT molecular complexity index is 441. The monoisotopic (exact) mass is 276 g/mol. The minimum atomic E-state index is 0.438. The second-order valence-electron chi connectivity index (χ2n) is 5.67. The van der Waals surface area contributed by atoms with Gasteiger partial charge in [-0.25, -0.2) is 0 Å². The molecule has 0 amide bonds. The van der Waals surface area contributed by atoms with E-state index in [1.807, 2.05) is 0 Å². The molecule has 1 aromatic carbocycles. The number of aryl methyl sites for hydroxylation is 2. The number of fused-ring (bicyclic) bond motifs is 1. The Morgan fingerprint density at radius 3 is 2.70 bits per heavy atom. The summed E-state index contributed by atoms with van der Waals surface area (Å²) in [5.41, 5.74) is 3.92. The van der Waals surface area contributed by atoms with Gasteiger partial charge < -0.3 is 15.0 Å². The van der Waals surface area contributed by atoms with Crippen molar-refractivity contribution >= 4 is 0 Å². The highest BCUT2D eigenvalue weighted by Gasteiger charge is 2.22. The van der Waals surface area contributed by atoms with Crippen molar-refractivity contribution in [1.29, 1.82) is 0 Å². The molecule has 0 aliphatic carbocycles. The largest absolute Gasteiger partial charge is 0.493 e. The summed E-state index contributed by atoms with van der Waals surface area (Å²) in [4.78, 5) is 2.45. The van der Waals surface area contributed by atoms with Crippen molar-refractivity contribution in [1.82, 2.24) is 10.2 Å². The van der Waals surface area contributed by atoms with Crippen LogP contribution in [-0.4, -0.2) is 37.7 Å². The number of hydrogen-bond donors (Lipinski definition) is 1. The Morgan fingerprint density at radius 2 is 2.00 bits per heavy atom. The molecule has 1 aliphatic heterocycles. The summed E-state index contributed by atoms with van der Waals surface area (Å²) in [6.45, 7) is 14.0. The van der Waals surface area contributed by atoms with Crippen LogP contribution in [0.15, 0.2) is 12.1 Å². The summed E-state index contributed by atoms with van der Waals surface area (Å²) >= 11 is 0. The Labute approximate surface area is 123 Å². The number of nitrogens with zero attached hydrogens (tertiary/aromatic N) is 1. The maximum atomic E-state index is 5.86. The van der Waals surface area contributed by atoms with Crippen LogP contribution in [-0.2, 0) is 0 Å². The molecule has 1 atom stereocenters. The van der Waals surface area contributed by atoms with Gasteiger partial charge in [0.1, 0.15) is 5.75 Å². The van der Waals surface area contributed by atoms with E-state index in [0.717, 1.165) is 45.0 Å². The minimum absolute atomic E-state index is 0.438. The molecule has 1 N–H and O–H groups in total. The highest BCUT2D eigenvalue weighted by atomic mass is 16.5. The molecule has 1 heterocycles. The molecule has 0 saturated heterocycles. The SMILES string of the molecule is CCN(CC)CCNC1CCOc2c(C)cc(C)cc21. The summed E-state index contributed by atoms with van der Waals surface area (Å²) in [6.07, 6.45) is 1.06. The topological polar surface area (TPSA) is 24.5 Å². The molecule has 20 heavy (non-hydrogen) atoms. The quantitative estimate of drug-likeness (QED) is 0.864. The normalized spacial score (nSPS) is 17.9. The van der Waals surface area contributed by atoms with Crippen LogP contribution in [0.2, 0.25) is 0 Å². The van der Waals surface area contributed by atoms with Gasteiger partial charge in [-0.15, -0.1) is 0 Å². The van der Waals surface area contributed by atoms with Gasteiger partial charge in [-0.05, 0) is 32.5 Å². The average Bonchev–Trinajstić information content (AvgIpc) is 2.44. The third-order valence-electron chi connectivity index (χ3n) is 4.19. The lowest BCUT2D eigenvalue weighted by Crippen LogP contribution is -2.35. The number of hydrogen-bond acceptors (Lipinski definition) is 3. The van der Waals surface area contributed by atoms with Crippen LogP contribution in [0.1, 0.15) is 43.0 Å². The Balaban J connectivity index is 2.01. The van der Waals surface area contributed by atoms with Gasteiger partial charge in [0.05, 0.1) is 6.61 Å². The van der Waals surface area contributed by atoms with E-state index < -0.39 is 0 Å². The lowest BCUT2D eigenvalue weighted by molar-refractivity contribution is 0.241.